The summed E-state index contributed by atoms with van der Waals surface area (Å²) < 4.78 is 24.4. The maximum Gasteiger partial charge on any atom is 0.317 e. The van der Waals surface area contributed by atoms with E-state index >= 15 is 0 Å². The normalized spacial score (nSPS) is 11.4. The third kappa shape index (κ3) is 3.18. The van der Waals surface area contributed by atoms with Gasteiger partial charge in [-0.3, -0.25) is 0 Å². The average molecular weight is 275 g/mol. The number of halogens is 3. The molecule has 0 fully saturated rings. The van der Waals surface area contributed by atoms with E-state index in [0.717, 1.165) is 0 Å². The fourth-order valence-corrected chi connectivity index (χ4v) is 1.85. The highest BCUT2D eigenvalue weighted by Crippen LogP contribution is 2.33. The molecule has 8 heteroatoms. The van der Waals surface area contributed by atoms with Crippen LogP contribution in [0.25, 0.3) is 0 Å². The molecule has 0 aliphatic rings. The van der Waals surface area contributed by atoms with Crippen molar-refractivity contribution in [2.45, 2.75) is 0 Å². The Kier molecular flexibility index (Phi) is 3.49. The van der Waals surface area contributed by atoms with E-state index in [4.69, 9.17) is 39.9 Å². The van der Waals surface area contributed by atoms with E-state index in [2.05, 4.69) is 4.72 Å². The van der Waals surface area contributed by atoms with Crippen LogP contribution >= 0.6 is 34.8 Å². The monoisotopic (exact) mass is 273 g/mol. The van der Waals surface area contributed by atoms with Gasteiger partial charge in [0.05, 0.1) is 15.7 Å². The summed E-state index contributed by atoms with van der Waals surface area (Å²) in [7, 11) is -4.01. The van der Waals surface area contributed by atoms with E-state index < -0.39 is 10.2 Å². The van der Waals surface area contributed by atoms with Gasteiger partial charge in [0.25, 0.3) is 0 Å². The molecule has 0 atom stereocenters. The second-order valence-corrected chi connectivity index (χ2v) is 4.76. The summed E-state index contributed by atoms with van der Waals surface area (Å²) in [6, 6.07) is 2.62. The molecule has 1 aromatic carbocycles. The average Bonchev–Trinajstić information content (AvgIpc) is 1.96. The number of hydrogen-bond donors (Lipinski definition) is 1. The smallest absolute Gasteiger partial charge is 0.210 e. The molecular weight excluding hydrogens is 271 g/mol. The molecule has 0 bridgehead atoms. The molecule has 0 aliphatic heterocycles. The molecule has 1 aromatic rings. The minimum atomic E-state index is -4.01. The number of nitrogens with zero attached hydrogens (tertiary/aromatic N) is 1. The van der Waals surface area contributed by atoms with E-state index in [1.54, 1.807) is 0 Å². The lowest BCUT2D eigenvalue weighted by atomic mass is 10.3. The van der Waals surface area contributed by atoms with Crippen molar-refractivity contribution < 1.29 is 8.42 Å². The Morgan fingerprint density at radius 1 is 1.21 bits per heavy atom. The lowest BCUT2D eigenvalue weighted by molar-refractivity contribution is 0.592. The van der Waals surface area contributed by atoms with Gasteiger partial charge in [0.1, 0.15) is 0 Å². The first-order valence-electron chi connectivity index (χ1n) is 3.20. The highest BCUT2D eigenvalue weighted by atomic mass is 35.5. The van der Waals surface area contributed by atoms with Crippen molar-refractivity contribution in [1.82, 2.24) is 4.72 Å². The number of benzene rings is 1. The molecule has 77 valence electrons. The Bertz CT molecular complexity index is 460. The lowest BCUT2D eigenvalue weighted by Crippen LogP contribution is -2.21. The van der Waals surface area contributed by atoms with Gasteiger partial charge in [0.2, 0.25) is 0 Å². The van der Waals surface area contributed by atoms with Crippen LogP contribution in [0.3, 0.4) is 0 Å². The lowest BCUT2D eigenvalue weighted by Gasteiger charge is -2.04. The van der Waals surface area contributed by atoms with Gasteiger partial charge in [-0.2, -0.15) is 8.42 Å². The SMILES string of the molecule is NS(=O)(=O)[N]c1cc(Cl)cc(Cl)c1Cl. The summed E-state index contributed by atoms with van der Waals surface area (Å²) in [5, 5.41) is 5.02. The van der Waals surface area contributed by atoms with E-state index in [1.165, 1.54) is 12.1 Å². The Hall–Kier alpha value is -0.200. The zero-order valence-corrected chi connectivity index (χ0v) is 9.62. The van der Waals surface area contributed by atoms with Crippen LogP contribution in [0.5, 0.6) is 0 Å². The molecule has 0 heterocycles. The first kappa shape index (κ1) is 11.9. The van der Waals surface area contributed by atoms with E-state index in [1.807, 2.05) is 0 Å². The van der Waals surface area contributed by atoms with Crippen molar-refractivity contribution in [2.75, 3.05) is 0 Å². The fraction of sp³-hybridized carbons (Fsp3) is 0. The van der Waals surface area contributed by atoms with Gasteiger partial charge in [-0.1, -0.05) is 34.8 Å². The fourth-order valence-electron chi connectivity index (χ4n) is 0.746. The van der Waals surface area contributed by atoms with Gasteiger partial charge >= 0.3 is 10.2 Å². The zero-order chi connectivity index (χ0) is 10.9. The van der Waals surface area contributed by atoms with Gasteiger partial charge in [-0.05, 0) is 12.1 Å². The van der Waals surface area contributed by atoms with Gasteiger partial charge in [0.15, 0.2) is 0 Å². The van der Waals surface area contributed by atoms with Crippen LogP contribution in [0, 0.1) is 0 Å². The van der Waals surface area contributed by atoms with Crippen molar-refractivity contribution >= 4 is 50.7 Å². The summed E-state index contributed by atoms with van der Waals surface area (Å²) in [6.07, 6.45) is 0. The van der Waals surface area contributed by atoms with Crippen molar-refractivity contribution in [3.05, 3.63) is 27.2 Å². The van der Waals surface area contributed by atoms with Gasteiger partial charge in [-0.25, -0.2) is 5.14 Å². The summed E-state index contributed by atoms with van der Waals surface area (Å²) >= 11 is 16.9. The second-order valence-electron chi connectivity index (χ2n) is 2.33. The van der Waals surface area contributed by atoms with Crippen LogP contribution in [0.1, 0.15) is 0 Å². The molecule has 0 saturated heterocycles. The quantitative estimate of drug-likeness (QED) is 0.839. The highest BCUT2D eigenvalue weighted by molar-refractivity contribution is 7.87. The Labute approximate surface area is 96.1 Å². The first-order valence-corrected chi connectivity index (χ1v) is 5.83. The van der Waals surface area contributed by atoms with Gasteiger partial charge in [0, 0.05) is 5.02 Å². The summed E-state index contributed by atoms with van der Waals surface area (Å²) in [5.74, 6) is 0. The summed E-state index contributed by atoms with van der Waals surface area (Å²) in [4.78, 5) is 0. The molecule has 0 unspecified atom stereocenters. The first-order chi connectivity index (χ1) is 6.29. The molecule has 0 spiro atoms. The summed E-state index contributed by atoms with van der Waals surface area (Å²) in [5.41, 5.74) is -0.0772. The molecule has 4 nitrogen and oxygen atoms in total. The van der Waals surface area contributed by atoms with Crippen molar-refractivity contribution in [2.24, 2.45) is 5.14 Å². The van der Waals surface area contributed by atoms with Crippen LogP contribution in [0.15, 0.2) is 12.1 Å². The van der Waals surface area contributed by atoms with E-state index in [-0.39, 0.29) is 20.8 Å². The van der Waals surface area contributed by atoms with Crippen LogP contribution < -0.4 is 9.86 Å². The Morgan fingerprint density at radius 3 is 2.29 bits per heavy atom. The number of rotatable bonds is 2. The predicted molar refractivity (Wildman–Crippen MR) is 56.4 cm³/mol. The molecule has 0 amide bonds. The van der Waals surface area contributed by atoms with Crippen LogP contribution in [0.2, 0.25) is 15.1 Å². The van der Waals surface area contributed by atoms with Crippen molar-refractivity contribution in [1.29, 1.82) is 0 Å². The van der Waals surface area contributed by atoms with Gasteiger partial charge < -0.3 is 0 Å². The third-order valence-electron chi connectivity index (χ3n) is 1.20. The molecular formula is C6H4Cl3N2O2S. The molecule has 0 aromatic heterocycles. The number of nitrogens with two attached hydrogens (primary N) is 1. The maximum atomic E-state index is 10.6. The Morgan fingerprint density at radius 2 is 1.79 bits per heavy atom. The molecule has 1 radical (unpaired) electrons. The largest absolute Gasteiger partial charge is 0.317 e. The maximum absolute atomic E-state index is 10.6. The minimum Gasteiger partial charge on any atom is -0.210 e. The number of hydrogen-bond acceptors (Lipinski definition) is 2. The van der Waals surface area contributed by atoms with Crippen LogP contribution in [-0.2, 0) is 10.2 Å². The van der Waals surface area contributed by atoms with Crippen LogP contribution in [0.4, 0.5) is 5.69 Å². The molecule has 14 heavy (non-hydrogen) atoms. The van der Waals surface area contributed by atoms with Crippen molar-refractivity contribution in [3.63, 3.8) is 0 Å². The standard InChI is InChI=1S/C6H4Cl3N2O2S/c7-3-1-4(8)6(9)5(2-3)11-14(10,12)13/h1-2H,(H2,10,12,13). The molecule has 1 rings (SSSR count). The Balaban J connectivity index is 3.22. The topological polar surface area (TPSA) is 74.3 Å². The highest BCUT2D eigenvalue weighted by Gasteiger charge is 2.13. The van der Waals surface area contributed by atoms with Gasteiger partial charge in [-0.15, -0.1) is 4.72 Å². The molecule has 0 saturated carbocycles. The van der Waals surface area contributed by atoms with E-state index in [9.17, 15) is 8.42 Å². The second kappa shape index (κ2) is 4.12. The minimum absolute atomic E-state index is 0.00917. The molecule has 0 aliphatic carbocycles. The van der Waals surface area contributed by atoms with E-state index in [0.29, 0.717) is 0 Å². The van der Waals surface area contributed by atoms with Crippen molar-refractivity contribution in [3.8, 4) is 0 Å². The zero-order valence-electron chi connectivity index (χ0n) is 6.54. The summed E-state index contributed by atoms with van der Waals surface area (Å²) in [6.45, 7) is 0. The third-order valence-corrected chi connectivity index (χ3v) is 2.66. The molecule has 2 N–H and O–H groups in total. The van der Waals surface area contributed by atoms with Crippen LogP contribution in [-0.4, -0.2) is 8.42 Å². The predicted octanol–water partition coefficient (Wildman–Crippen LogP) is 2.09.